The average Bonchev–Trinajstić information content (AvgIpc) is 2.17. The second-order valence-electron chi connectivity index (χ2n) is 2.57. The Kier molecular flexibility index (Phi) is 1.68. The largest absolute Gasteiger partial charge is 0.367 e. The van der Waals surface area contributed by atoms with E-state index in [4.69, 9.17) is 5.90 Å². The molecule has 0 N–H and O–H groups in total. The molecule has 0 aliphatic heterocycles. The average molecular weight is 157 g/mol. The van der Waals surface area contributed by atoms with Crippen molar-refractivity contribution in [3.05, 3.63) is 42.5 Å². The lowest BCUT2D eigenvalue weighted by atomic mass is 10.1. The molecule has 58 valence electrons. The summed E-state index contributed by atoms with van der Waals surface area (Å²) in [5.74, 6) is 9.03. The lowest BCUT2D eigenvalue weighted by molar-refractivity contribution is 0.313. The van der Waals surface area contributed by atoms with Crippen LogP contribution in [0.1, 0.15) is 0 Å². The Hall–Kier alpha value is -1.54. The molecule has 0 amide bonds. The van der Waals surface area contributed by atoms with E-state index < -0.39 is 0 Å². The highest BCUT2D eigenvalue weighted by atomic mass is 16.6. The van der Waals surface area contributed by atoms with Gasteiger partial charge in [0.05, 0.1) is 0 Å². The second kappa shape index (κ2) is 2.83. The Balaban J connectivity index is 2.79. The van der Waals surface area contributed by atoms with Crippen LogP contribution in [0, 0.1) is 0 Å². The smallest absolute Gasteiger partial charge is 0.159 e. The zero-order chi connectivity index (χ0) is 8.39. The van der Waals surface area contributed by atoms with Gasteiger partial charge in [-0.1, -0.05) is 36.4 Å². The van der Waals surface area contributed by atoms with Gasteiger partial charge in [-0.2, -0.15) is 0 Å². The minimum atomic E-state index is 0.494. The van der Waals surface area contributed by atoms with Gasteiger partial charge in [0.2, 0.25) is 0 Å². The van der Waals surface area contributed by atoms with Crippen molar-refractivity contribution in [1.82, 2.24) is 5.90 Å². The summed E-state index contributed by atoms with van der Waals surface area (Å²) in [6, 6.07) is 13.3. The van der Waals surface area contributed by atoms with Gasteiger partial charge in [-0.25, -0.2) is 0 Å². The number of rotatable bonds is 1. The highest BCUT2D eigenvalue weighted by Crippen LogP contribution is 2.23. The van der Waals surface area contributed by atoms with E-state index >= 15 is 0 Å². The van der Waals surface area contributed by atoms with Crippen molar-refractivity contribution in [2.45, 2.75) is 0 Å². The number of fused-ring (bicyclic) bond motifs is 1. The summed E-state index contributed by atoms with van der Waals surface area (Å²) in [6.07, 6.45) is 0. The van der Waals surface area contributed by atoms with E-state index in [9.17, 15) is 0 Å². The van der Waals surface area contributed by atoms with Gasteiger partial charge in [0, 0.05) is 5.39 Å². The van der Waals surface area contributed by atoms with E-state index in [-0.39, 0.29) is 0 Å². The molecule has 0 aliphatic carbocycles. The third kappa shape index (κ3) is 1.02. The summed E-state index contributed by atoms with van der Waals surface area (Å²) >= 11 is 0. The molecule has 0 atom stereocenters. The van der Waals surface area contributed by atoms with Crippen molar-refractivity contribution >= 4 is 10.8 Å². The van der Waals surface area contributed by atoms with Crippen LogP contribution < -0.4 is 10.7 Å². The van der Waals surface area contributed by atoms with Crippen molar-refractivity contribution in [2.24, 2.45) is 0 Å². The first-order valence-corrected chi connectivity index (χ1v) is 3.71. The molecule has 0 saturated heterocycles. The Labute approximate surface area is 70.5 Å². The van der Waals surface area contributed by atoms with Crippen molar-refractivity contribution in [2.75, 3.05) is 0 Å². The standard InChI is InChI=1S/C10H7NO/c11-12-10-7-3-5-8-4-1-2-6-9(8)10/h1-7H. The highest BCUT2D eigenvalue weighted by molar-refractivity contribution is 5.88. The first-order chi connectivity index (χ1) is 5.92. The Morgan fingerprint density at radius 2 is 1.67 bits per heavy atom. The molecule has 0 bridgehead atoms. The molecule has 0 aromatic heterocycles. The summed E-state index contributed by atoms with van der Waals surface area (Å²) < 4.78 is 0. The predicted octanol–water partition coefficient (Wildman–Crippen LogP) is 2.20. The summed E-state index contributed by atoms with van der Waals surface area (Å²) in [4.78, 5) is 4.23. The summed E-state index contributed by atoms with van der Waals surface area (Å²) in [5.41, 5.74) is 0. The van der Waals surface area contributed by atoms with Gasteiger partial charge in [-0.05, 0) is 11.5 Å². The molecule has 2 radical (unpaired) electrons. The van der Waals surface area contributed by atoms with Gasteiger partial charge >= 0.3 is 0 Å². The molecule has 12 heavy (non-hydrogen) atoms. The van der Waals surface area contributed by atoms with Crippen LogP contribution in [-0.4, -0.2) is 0 Å². The molecule has 2 heteroatoms. The van der Waals surface area contributed by atoms with Crippen molar-refractivity contribution in [1.29, 1.82) is 0 Å². The Bertz CT molecular complexity index is 392. The highest BCUT2D eigenvalue weighted by Gasteiger charge is 1.98. The van der Waals surface area contributed by atoms with Crippen molar-refractivity contribution < 1.29 is 4.84 Å². The number of benzene rings is 2. The Morgan fingerprint density at radius 3 is 2.50 bits per heavy atom. The molecule has 0 unspecified atom stereocenters. The van der Waals surface area contributed by atoms with Gasteiger partial charge < -0.3 is 4.84 Å². The van der Waals surface area contributed by atoms with E-state index in [1.165, 1.54) is 0 Å². The van der Waals surface area contributed by atoms with Crippen LogP contribution in [0.2, 0.25) is 0 Å². The van der Waals surface area contributed by atoms with E-state index in [1.54, 1.807) is 6.07 Å². The molecule has 0 spiro atoms. The second-order valence-corrected chi connectivity index (χ2v) is 2.57. The first-order valence-electron chi connectivity index (χ1n) is 3.71. The lowest BCUT2D eigenvalue weighted by Gasteiger charge is -2.00. The quantitative estimate of drug-likeness (QED) is 0.584. The van der Waals surface area contributed by atoms with Crippen LogP contribution in [0.15, 0.2) is 42.5 Å². The molecule has 2 aromatic carbocycles. The van der Waals surface area contributed by atoms with E-state index in [0.29, 0.717) is 5.75 Å². The van der Waals surface area contributed by atoms with Crippen LogP contribution in [-0.2, 0) is 0 Å². The predicted molar refractivity (Wildman–Crippen MR) is 46.7 cm³/mol. The van der Waals surface area contributed by atoms with E-state index in [1.807, 2.05) is 36.4 Å². The number of nitrogens with zero attached hydrogens (tertiary/aromatic N) is 1. The Morgan fingerprint density at radius 1 is 0.917 bits per heavy atom. The fraction of sp³-hybridized carbons (Fsp3) is 0. The number of hydrogen-bond donors (Lipinski definition) is 0. The zero-order valence-electron chi connectivity index (χ0n) is 6.40. The molecule has 2 rings (SSSR count). The summed E-state index contributed by atoms with van der Waals surface area (Å²) in [6.45, 7) is 0. The maximum absolute atomic E-state index is 8.54. The fourth-order valence-electron chi connectivity index (χ4n) is 1.28. The van der Waals surface area contributed by atoms with Gasteiger partial charge in [0.25, 0.3) is 0 Å². The van der Waals surface area contributed by atoms with Gasteiger partial charge in [0.15, 0.2) is 5.75 Å². The van der Waals surface area contributed by atoms with Gasteiger partial charge in [0.1, 0.15) is 5.90 Å². The summed E-state index contributed by atoms with van der Waals surface area (Å²) in [7, 11) is 0. The maximum Gasteiger partial charge on any atom is 0.159 e. The van der Waals surface area contributed by atoms with Crippen LogP contribution in [0.25, 0.3) is 10.8 Å². The summed E-state index contributed by atoms with van der Waals surface area (Å²) in [5, 5.41) is 1.98. The molecular weight excluding hydrogens is 150 g/mol. The lowest BCUT2D eigenvalue weighted by Crippen LogP contribution is -1.87. The zero-order valence-corrected chi connectivity index (χ0v) is 6.40. The van der Waals surface area contributed by atoms with Crippen molar-refractivity contribution in [3.8, 4) is 5.75 Å². The molecule has 0 saturated carbocycles. The van der Waals surface area contributed by atoms with E-state index in [2.05, 4.69) is 4.84 Å². The monoisotopic (exact) mass is 157 g/mol. The van der Waals surface area contributed by atoms with Gasteiger partial charge in [-0.3, -0.25) is 0 Å². The molecule has 2 nitrogen and oxygen atoms in total. The molecule has 0 aliphatic rings. The number of hydrogen-bond acceptors (Lipinski definition) is 1. The molecule has 0 fully saturated rings. The molecular formula is C10H7NO. The third-order valence-electron chi connectivity index (χ3n) is 1.85. The van der Waals surface area contributed by atoms with Crippen molar-refractivity contribution in [3.63, 3.8) is 0 Å². The van der Waals surface area contributed by atoms with Gasteiger partial charge in [-0.15, -0.1) is 0 Å². The SMILES string of the molecule is [N]Oc1cccc2ccccc12. The molecule has 2 aromatic rings. The minimum Gasteiger partial charge on any atom is -0.367 e. The van der Waals surface area contributed by atoms with Crippen LogP contribution >= 0.6 is 0 Å². The van der Waals surface area contributed by atoms with Crippen LogP contribution in [0.4, 0.5) is 0 Å². The normalized spacial score (nSPS) is 10.1. The fourth-order valence-corrected chi connectivity index (χ4v) is 1.28. The van der Waals surface area contributed by atoms with E-state index in [0.717, 1.165) is 10.8 Å². The third-order valence-corrected chi connectivity index (χ3v) is 1.85. The minimum absolute atomic E-state index is 0.494. The first kappa shape index (κ1) is 7.13. The molecule has 0 heterocycles. The van der Waals surface area contributed by atoms with Crippen LogP contribution in [0.3, 0.4) is 0 Å². The maximum atomic E-state index is 8.54. The van der Waals surface area contributed by atoms with Crippen LogP contribution in [0.5, 0.6) is 5.75 Å². The topological polar surface area (TPSA) is 31.5 Å².